The van der Waals surface area contributed by atoms with Gasteiger partial charge in [-0.3, -0.25) is 0 Å². The van der Waals surface area contributed by atoms with Gasteiger partial charge in [-0.1, -0.05) is 43.5 Å². The quantitative estimate of drug-likeness (QED) is 0.772. The van der Waals surface area contributed by atoms with Crippen molar-refractivity contribution in [3.63, 3.8) is 0 Å². The molecule has 98 valence electrons. The van der Waals surface area contributed by atoms with Crippen molar-refractivity contribution in [1.82, 2.24) is 9.97 Å². The highest BCUT2D eigenvalue weighted by molar-refractivity contribution is 5.72. The van der Waals surface area contributed by atoms with Crippen molar-refractivity contribution in [3.8, 4) is 0 Å². The summed E-state index contributed by atoms with van der Waals surface area (Å²) in [5, 5.41) is 3.16. The minimum atomic E-state index is 0.720. The Morgan fingerprint density at radius 1 is 1.21 bits per heavy atom. The second-order valence-corrected chi connectivity index (χ2v) is 3.76. The van der Waals surface area contributed by atoms with E-state index in [-0.39, 0.29) is 0 Å². The molecule has 0 spiro atoms. The first-order valence-corrected chi connectivity index (χ1v) is 6.08. The molecule has 19 heavy (non-hydrogen) atoms. The summed E-state index contributed by atoms with van der Waals surface area (Å²) in [5.41, 5.74) is 2.46. The van der Waals surface area contributed by atoms with Crippen molar-refractivity contribution in [2.24, 2.45) is 0 Å². The summed E-state index contributed by atoms with van der Waals surface area (Å²) >= 11 is 0. The average Bonchev–Trinajstić information content (AvgIpc) is 2.41. The maximum atomic E-state index is 4.24. The summed E-state index contributed by atoms with van der Waals surface area (Å²) in [6, 6.07) is 0. The Hall–Kier alpha value is -2.42. The number of allylic oxidation sites excluding steroid dienone is 5. The fourth-order valence-electron chi connectivity index (χ4n) is 1.48. The van der Waals surface area contributed by atoms with Crippen molar-refractivity contribution < 1.29 is 0 Å². The van der Waals surface area contributed by atoms with E-state index in [1.807, 2.05) is 50.3 Å². The van der Waals surface area contributed by atoms with E-state index in [1.54, 1.807) is 6.08 Å². The lowest BCUT2D eigenvalue weighted by Gasteiger charge is -2.09. The van der Waals surface area contributed by atoms with Crippen LogP contribution in [0, 0.1) is 0 Å². The van der Waals surface area contributed by atoms with Crippen LogP contribution < -0.4 is 5.32 Å². The van der Waals surface area contributed by atoms with Gasteiger partial charge in [0.1, 0.15) is 12.1 Å². The minimum absolute atomic E-state index is 0.720. The number of nitrogens with one attached hydrogen (secondary N) is 1. The number of hydrogen-bond acceptors (Lipinski definition) is 3. The van der Waals surface area contributed by atoms with Crippen molar-refractivity contribution in [1.29, 1.82) is 0 Å². The Bertz CT molecular complexity index is 537. The summed E-state index contributed by atoms with van der Waals surface area (Å²) in [4.78, 5) is 8.42. The van der Waals surface area contributed by atoms with Crippen LogP contribution in [0.5, 0.6) is 0 Å². The maximum Gasteiger partial charge on any atom is 0.141 e. The van der Waals surface area contributed by atoms with Crippen LogP contribution in [0.2, 0.25) is 0 Å². The van der Waals surface area contributed by atoms with Gasteiger partial charge >= 0.3 is 0 Å². The number of anilines is 1. The predicted molar refractivity (Wildman–Crippen MR) is 83.5 cm³/mol. The molecule has 0 aliphatic heterocycles. The Balaban J connectivity index is 3.00. The molecule has 1 aromatic rings. The molecule has 0 aliphatic rings. The SMILES string of the molecule is C=Cc1ncnc(NC(=C)/C=C\C=C/C)c1/C=C\C. The van der Waals surface area contributed by atoms with Crippen LogP contribution in [-0.2, 0) is 0 Å². The van der Waals surface area contributed by atoms with E-state index < -0.39 is 0 Å². The Kier molecular flexibility index (Phi) is 6.03. The smallest absolute Gasteiger partial charge is 0.141 e. The third-order valence-electron chi connectivity index (χ3n) is 2.32. The van der Waals surface area contributed by atoms with Crippen molar-refractivity contribution in [2.45, 2.75) is 13.8 Å². The number of nitrogens with zero attached hydrogens (tertiary/aromatic N) is 2. The highest BCUT2D eigenvalue weighted by Gasteiger charge is 2.06. The molecule has 0 aromatic carbocycles. The Morgan fingerprint density at radius 2 is 2.00 bits per heavy atom. The van der Waals surface area contributed by atoms with E-state index in [0.29, 0.717) is 0 Å². The fraction of sp³-hybridized carbons (Fsp3) is 0.125. The number of hydrogen-bond donors (Lipinski definition) is 1. The zero-order valence-corrected chi connectivity index (χ0v) is 11.4. The minimum Gasteiger partial charge on any atom is -0.340 e. The van der Waals surface area contributed by atoms with E-state index in [9.17, 15) is 0 Å². The summed E-state index contributed by atoms with van der Waals surface area (Å²) < 4.78 is 0. The maximum absolute atomic E-state index is 4.24. The molecule has 0 saturated heterocycles. The molecule has 0 saturated carbocycles. The zero-order valence-electron chi connectivity index (χ0n) is 11.4. The van der Waals surface area contributed by atoms with E-state index in [1.165, 1.54) is 6.33 Å². The summed E-state index contributed by atoms with van der Waals surface area (Å²) in [6.45, 7) is 11.6. The van der Waals surface area contributed by atoms with Gasteiger partial charge in [-0.25, -0.2) is 9.97 Å². The highest BCUT2D eigenvalue weighted by Crippen LogP contribution is 2.19. The van der Waals surface area contributed by atoms with E-state index >= 15 is 0 Å². The molecule has 1 heterocycles. The molecule has 0 bridgehead atoms. The number of rotatable bonds is 6. The van der Waals surface area contributed by atoms with Gasteiger partial charge in [0.05, 0.1) is 5.69 Å². The molecule has 0 atom stereocenters. The van der Waals surface area contributed by atoms with Crippen LogP contribution in [0.4, 0.5) is 5.82 Å². The van der Waals surface area contributed by atoms with Crippen LogP contribution in [-0.4, -0.2) is 9.97 Å². The van der Waals surface area contributed by atoms with Gasteiger partial charge in [0.25, 0.3) is 0 Å². The molecule has 1 rings (SSSR count). The van der Waals surface area contributed by atoms with Gasteiger partial charge in [-0.05, 0) is 26.0 Å². The lowest BCUT2D eigenvalue weighted by Crippen LogP contribution is -2.02. The molecule has 0 amide bonds. The standard InChI is InChI=1S/C16H19N3/c1-5-8-9-11-13(4)19-16-14(10-6-2)15(7-3)17-12-18-16/h5-12H,3-4H2,1-2H3,(H,17,18,19)/b8-5-,10-6-,11-9-. The lowest BCUT2D eigenvalue weighted by molar-refractivity contribution is 1.14. The second-order valence-electron chi connectivity index (χ2n) is 3.76. The fourth-order valence-corrected chi connectivity index (χ4v) is 1.48. The molecule has 0 unspecified atom stereocenters. The van der Waals surface area contributed by atoms with Gasteiger partial charge < -0.3 is 5.32 Å². The normalized spacial score (nSPS) is 11.5. The molecule has 1 N–H and O–H groups in total. The first kappa shape index (κ1) is 14.6. The molecule has 1 aromatic heterocycles. The van der Waals surface area contributed by atoms with Crippen LogP contribution in [0.3, 0.4) is 0 Å². The topological polar surface area (TPSA) is 37.8 Å². The van der Waals surface area contributed by atoms with Gasteiger partial charge in [0.15, 0.2) is 0 Å². The molecule has 0 fully saturated rings. The van der Waals surface area contributed by atoms with Crippen LogP contribution in [0.25, 0.3) is 12.2 Å². The third kappa shape index (κ3) is 4.39. The summed E-state index contributed by atoms with van der Waals surface area (Å²) in [5.74, 6) is 0.720. The molecular formula is C16H19N3. The third-order valence-corrected chi connectivity index (χ3v) is 2.32. The van der Waals surface area contributed by atoms with E-state index in [4.69, 9.17) is 0 Å². The van der Waals surface area contributed by atoms with Crippen molar-refractivity contribution >= 4 is 18.0 Å². The van der Waals surface area contributed by atoms with Crippen molar-refractivity contribution in [2.75, 3.05) is 5.32 Å². The lowest BCUT2D eigenvalue weighted by atomic mass is 10.2. The van der Waals surface area contributed by atoms with Gasteiger partial charge in [0.2, 0.25) is 0 Å². The van der Waals surface area contributed by atoms with Crippen molar-refractivity contribution in [3.05, 3.63) is 66.8 Å². The van der Waals surface area contributed by atoms with Crippen LogP contribution >= 0.6 is 0 Å². The second kappa shape index (κ2) is 7.82. The summed E-state index contributed by atoms with van der Waals surface area (Å²) in [6.07, 6.45) is 14.8. The highest BCUT2D eigenvalue weighted by atomic mass is 15.0. The van der Waals surface area contributed by atoms with E-state index in [2.05, 4.69) is 28.4 Å². The first-order valence-electron chi connectivity index (χ1n) is 6.08. The Labute approximate surface area is 114 Å². The average molecular weight is 253 g/mol. The Morgan fingerprint density at radius 3 is 2.63 bits per heavy atom. The predicted octanol–water partition coefficient (Wildman–Crippen LogP) is 4.21. The van der Waals surface area contributed by atoms with Crippen LogP contribution in [0.1, 0.15) is 25.1 Å². The molecule has 0 radical (unpaired) electrons. The molecule has 0 aliphatic carbocycles. The van der Waals surface area contributed by atoms with Gasteiger partial charge in [-0.2, -0.15) is 0 Å². The van der Waals surface area contributed by atoms with Gasteiger partial charge in [-0.15, -0.1) is 0 Å². The van der Waals surface area contributed by atoms with Gasteiger partial charge in [0, 0.05) is 11.3 Å². The van der Waals surface area contributed by atoms with E-state index in [0.717, 1.165) is 22.8 Å². The first-order chi connectivity index (χ1) is 9.22. The zero-order chi connectivity index (χ0) is 14.1. The molecular weight excluding hydrogens is 234 g/mol. The largest absolute Gasteiger partial charge is 0.340 e. The molecule has 3 nitrogen and oxygen atoms in total. The monoisotopic (exact) mass is 253 g/mol. The van der Waals surface area contributed by atoms with Crippen LogP contribution in [0.15, 0.2) is 55.6 Å². The summed E-state index contributed by atoms with van der Waals surface area (Å²) in [7, 11) is 0. The molecule has 3 heteroatoms. The number of aromatic nitrogens is 2.